The Labute approximate surface area is 204 Å². The van der Waals surface area contributed by atoms with Crippen molar-refractivity contribution >= 4 is 34.8 Å². The molecule has 0 aliphatic rings. The van der Waals surface area contributed by atoms with Gasteiger partial charge in [0.05, 0.1) is 41.9 Å². The molecule has 4 aromatic rings. The van der Waals surface area contributed by atoms with E-state index in [9.17, 15) is 9.59 Å². The Hall–Kier alpha value is -3.75. The highest BCUT2D eigenvalue weighted by Gasteiger charge is 2.15. The molecular weight excluding hydrogens is 476 g/mol. The number of ketones is 1. The van der Waals surface area contributed by atoms with Crippen LogP contribution in [0.1, 0.15) is 15.9 Å². The normalized spacial score (nSPS) is 11.1. The summed E-state index contributed by atoms with van der Waals surface area (Å²) in [5.41, 5.74) is 2.07. The number of carbonyl (C=O) groups is 1. The molecule has 0 unspecified atom stereocenters. The fourth-order valence-electron chi connectivity index (χ4n) is 3.52. The molecule has 7 nitrogen and oxygen atoms in total. The first kappa shape index (κ1) is 23.4. The quantitative estimate of drug-likeness (QED) is 0.258. The Bertz CT molecular complexity index is 1410. The zero-order chi connectivity index (χ0) is 24.2. The number of hydrogen-bond acceptors (Lipinski definition) is 6. The van der Waals surface area contributed by atoms with Crippen molar-refractivity contribution in [2.24, 2.45) is 0 Å². The predicted octanol–water partition coefficient (Wildman–Crippen LogP) is 5.47. The summed E-state index contributed by atoms with van der Waals surface area (Å²) in [7, 11) is 4.59. The van der Waals surface area contributed by atoms with Crippen molar-refractivity contribution in [3.05, 3.63) is 86.8 Å². The van der Waals surface area contributed by atoms with E-state index in [0.717, 1.165) is 4.88 Å². The van der Waals surface area contributed by atoms with Crippen LogP contribution in [0.3, 0.4) is 0 Å². The largest absolute Gasteiger partial charge is 0.493 e. The highest BCUT2D eigenvalue weighted by Crippen LogP contribution is 2.38. The van der Waals surface area contributed by atoms with E-state index in [1.54, 1.807) is 54.7 Å². The highest BCUT2D eigenvalue weighted by atomic mass is 35.5. The standard InChI is InChI=1S/C25H21ClN2O5S/c1-31-20-11-15(12-21(32-2)24(20)33-3)7-8-19(29)16-5-4-6-17(13-16)28-18(14-27-25(28)30)22-9-10-23(26)34-22/h4-14H,1-3H3,(H,27,30). The maximum Gasteiger partial charge on any atom is 0.330 e. The third-order valence-corrected chi connectivity index (χ3v) is 6.36. The van der Waals surface area contributed by atoms with Gasteiger partial charge in [0.15, 0.2) is 17.3 Å². The van der Waals surface area contributed by atoms with Gasteiger partial charge in [0.2, 0.25) is 5.75 Å². The van der Waals surface area contributed by atoms with Crippen LogP contribution in [0.5, 0.6) is 17.2 Å². The second-order valence-electron chi connectivity index (χ2n) is 7.12. The summed E-state index contributed by atoms with van der Waals surface area (Å²) in [5, 5.41) is 0. The number of ether oxygens (including phenoxy) is 3. The van der Waals surface area contributed by atoms with Crippen molar-refractivity contribution in [2.45, 2.75) is 0 Å². The van der Waals surface area contributed by atoms with Gasteiger partial charge >= 0.3 is 5.69 Å². The first-order chi connectivity index (χ1) is 16.4. The topological polar surface area (TPSA) is 82.6 Å². The van der Waals surface area contributed by atoms with E-state index in [4.69, 9.17) is 25.8 Å². The molecule has 0 atom stereocenters. The molecule has 0 bridgehead atoms. The summed E-state index contributed by atoms with van der Waals surface area (Å²) >= 11 is 7.43. The van der Waals surface area contributed by atoms with E-state index in [-0.39, 0.29) is 11.5 Å². The summed E-state index contributed by atoms with van der Waals surface area (Å²) in [6.45, 7) is 0. The Kier molecular flexibility index (Phi) is 6.90. The zero-order valence-electron chi connectivity index (χ0n) is 18.6. The first-order valence-electron chi connectivity index (χ1n) is 10.1. The number of thiophene rings is 1. The molecule has 1 N–H and O–H groups in total. The minimum atomic E-state index is -0.308. The Morgan fingerprint density at radius 1 is 1.03 bits per heavy atom. The van der Waals surface area contributed by atoms with Gasteiger partial charge in [-0.05, 0) is 48.0 Å². The zero-order valence-corrected chi connectivity index (χ0v) is 20.2. The third kappa shape index (κ3) is 4.64. The van der Waals surface area contributed by atoms with Gasteiger partial charge in [-0.3, -0.25) is 9.36 Å². The molecule has 2 heterocycles. The second-order valence-corrected chi connectivity index (χ2v) is 8.84. The van der Waals surface area contributed by atoms with Gasteiger partial charge in [-0.25, -0.2) is 4.79 Å². The fourth-order valence-corrected chi connectivity index (χ4v) is 4.57. The number of hydrogen-bond donors (Lipinski definition) is 1. The first-order valence-corrected chi connectivity index (χ1v) is 11.3. The molecule has 174 valence electrons. The molecule has 9 heteroatoms. The summed E-state index contributed by atoms with van der Waals surface area (Å²) in [5.74, 6) is 1.23. The number of methoxy groups -OCH3 is 3. The van der Waals surface area contributed by atoms with E-state index in [2.05, 4.69) is 4.98 Å². The van der Waals surface area contributed by atoms with Crippen LogP contribution in [0.15, 0.2) is 65.6 Å². The van der Waals surface area contributed by atoms with Gasteiger partial charge in [0.25, 0.3) is 0 Å². The van der Waals surface area contributed by atoms with Crippen LogP contribution < -0.4 is 19.9 Å². The Morgan fingerprint density at radius 3 is 2.38 bits per heavy atom. The number of allylic oxidation sites excluding steroid dienone is 1. The minimum Gasteiger partial charge on any atom is -0.493 e. The van der Waals surface area contributed by atoms with E-state index in [1.807, 2.05) is 6.07 Å². The van der Waals surface area contributed by atoms with Crippen molar-refractivity contribution in [1.82, 2.24) is 9.55 Å². The molecule has 0 aliphatic heterocycles. The second kappa shape index (κ2) is 10.0. The van der Waals surface area contributed by atoms with Crippen molar-refractivity contribution in [1.29, 1.82) is 0 Å². The summed E-state index contributed by atoms with van der Waals surface area (Å²) in [6.07, 6.45) is 4.75. The van der Waals surface area contributed by atoms with Crippen LogP contribution in [-0.2, 0) is 0 Å². The lowest BCUT2D eigenvalue weighted by Crippen LogP contribution is -2.16. The number of rotatable bonds is 8. The highest BCUT2D eigenvalue weighted by molar-refractivity contribution is 7.19. The average molecular weight is 497 g/mol. The van der Waals surface area contributed by atoms with Gasteiger partial charge < -0.3 is 19.2 Å². The number of halogens is 1. The number of benzene rings is 2. The lowest BCUT2D eigenvalue weighted by Gasteiger charge is -2.12. The molecule has 2 aromatic carbocycles. The maximum absolute atomic E-state index is 12.9. The van der Waals surface area contributed by atoms with Crippen LogP contribution in [0.25, 0.3) is 22.3 Å². The van der Waals surface area contributed by atoms with Crippen LogP contribution in [-0.4, -0.2) is 36.7 Å². The molecule has 0 fully saturated rings. The number of carbonyl (C=O) groups excluding carboxylic acids is 1. The van der Waals surface area contributed by atoms with E-state index >= 15 is 0 Å². The number of nitrogens with one attached hydrogen (secondary N) is 1. The molecule has 0 radical (unpaired) electrons. The average Bonchev–Trinajstić information content (AvgIpc) is 3.46. The Balaban J connectivity index is 1.65. The van der Waals surface area contributed by atoms with Gasteiger partial charge in [0.1, 0.15) is 0 Å². The Morgan fingerprint density at radius 2 is 1.76 bits per heavy atom. The van der Waals surface area contributed by atoms with Crippen molar-refractivity contribution in [2.75, 3.05) is 21.3 Å². The molecule has 0 spiro atoms. The van der Waals surface area contributed by atoms with Gasteiger partial charge in [-0.2, -0.15) is 0 Å². The molecule has 34 heavy (non-hydrogen) atoms. The van der Waals surface area contributed by atoms with Crippen LogP contribution in [0, 0.1) is 0 Å². The van der Waals surface area contributed by atoms with Crippen LogP contribution in [0.4, 0.5) is 0 Å². The monoisotopic (exact) mass is 496 g/mol. The van der Waals surface area contributed by atoms with E-state index < -0.39 is 0 Å². The van der Waals surface area contributed by atoms with Gasteiger partial charge in [-0.15, -0.1) is 11.3 Å². The molecule has 2 aromatic heterocycles. The molecular formula is C25H21ClN2O5S. The number of aromatic nitrogens is 2. The van der Waals surface area contributed by atoms with Gasteiger partial charge in [0, 0.05) is 11.8 Å². The van der Waals surface area contributed by atoms with E-state index in [0.29, 0.717) is 44.1 Å². The summed E-state index contributed by atoms with van der Waals surface area (Å²) < 4.78 is 18.2. The predicted molar refractivity (Wildman–Crippen MR) is 134 cm³/mol. The van der Waals surface area contributed by atoms with Crippen molar-refractivity contribution in [3.8, 4) is 33.5 Å². The molecule has 4 rings (SSSR count). The number of nitrogens with zero attached hydrogens (tertiary/aromatic N) is 1. The lowest BCUT2D eigenvalue weighted by atomic mass is 10.1. The summed E-state index contributed by atoms with van der Waals surface area (Å²) in [6, 6.07) is 14.0. The summed E-state index contributed by atoms with van der Waals surface area (Å²) in [4.78, 5) is 29.0. The number of imidazole rings is 1. The number of aromatic amines is 1. The fraction of sp³-hybridized carbons (Fsp3) is 0.120. The van der Waals surface area contributed by atoms with Crippen LogP contribution >= 0.6 is 22.9 Å². The smallest absolute Gasteiger partial charge is 0.330 e. The SMILES string of the molecule is COc1cc(C=CC(=O)c2cccc(-n3c(-c4ccc(Cl)s4)c[nH]c3=O)c2)cc(OC)c1OC. The molecule has 0 aliphatic carbocycles. The lowest BCUT2D eigenvalue weighted by molar-refractivity contribution is 0.104. The van der Waals surface area contributed by atoms with Crippen LogP contribution in [0.2, 0.25) is 4.34 Å². The maximum atomic E-state index is 12.9. The third-order valence-electron chi connectivity index (χ3n) is 5.11. The van der Waals surface area contributed by atoms with Crippen molar-refractivity contribution < 1.29 is 19.0 Å². The molecule has 0 saturated heterocycles. The van der Waals surface area contributed by atoms with Crippen molar-refractivity contribution in [3.63, 3.8) is 0 Å². The molecule has 0 saturated carbocycles. The van der Waals surface area contributed by atoms with Gasteiger partial charge in [-0.1, -0.05) is 29.8 Å². The molecule has 0 amide bonds. The van der Waals surface area contributed by atoms with E-state index in [1.165, 1.54) is 43.3 Å². The number of H-pyrrole nitrogens is 1. The minimum absolute atomic E-state index is 0.222.